The molecule has 3 aromatic rings. The monoisotopic (exact) mass is 436 g/mol. The zero-order chi connectivity index (χ0) is 22.2. The number of likely N-dealkylation sites (tertiary alicyclic amines) is 1. The highest BCUT2D eigenvalue weighted by atomic mass is 19.4. The van der Waals surface area contributed by atoms with E-state index in [-0.39, 0.29) is 24.1 Å². The van der Waals surface area contributed by atoms with Crippen LogP contribution in [-0.4, -0.2) is 50.0 Å². The van der Waals surface area contributed by atoms with Crippen LogP contribution in [0.1, 0.15) is 47.4 Å². The van der Waals surface area contributed by atoms with E-state index in [4.69, 9.17) is 4.42 Å². The molecule has 0 bridgehead atoms. The molecule has 0 aromatic carbocycles. The predicted molar refractivity (Wildman–Crippen MR) is 104 cm³/mol. The second-order valence-corrected chi connectivity index (χ2v) is 7.66. The van der Waals surface area contributed by atoms with Crippen LogP contribution >= 0.6 is 0 Å². The van der Waals surface area contributed by atoms with E-state index in [0.29, 0.717) is 23.5 Å². The van der Waals surface area contributed by atoms with E-state index in [1.165, 1.54) is 0 Å². The van der Waals surface area contributed by atoms with Gasteiger partial charge in [-0.1, -0.05) is 0 Å². The molecule has 31 heavy (non-hydrogen) atoms. The molecule has 1 aliphatic rings. The fourth-order valence-electron chi connectivity index (χ4n) is 3.96. The number of alkyl halides is 3. The van der Waals surface area contributed by atoms with Crippen LogP contribution in [0.3, 0.4) is 0 Å². The van der Waals surface area contributed by atoms with Crippen molar-refractivity contribution in [3.63, 3.8) is 0 Å². The number of rotatable bonds is 6. The lowest BCUT2D eigenvalue weighted by atomic mass is 10.1. The molecule has 0 saturated carbocycles. The highest BCUT2D eigenvalue weighted by molar-refractivity contribution is 5.79. The van der Waals surface area contributed by atoms with Crippen molar-refractivity contribution in [2.24, 2.45) is 0 Å². The third-order valence-electron chi connectivity index (χ3n) is 5.59. The van der Waals surface area contributed by atoms with Gasteiger partial charge < -0.3 is 9.73 Å². The summed E-state index contributed by atoms with van der Waals surface area (Å²) < 4.78 is 45.4. The number of aromatic nitrogens is 4. The Morgan fingerprint density at radius 3 is 2.65 bits per heavy atom. The highest BCUT2D eigenvalue weighted by Gasteiger charge is 2.37. The van der Waals surface area contributed by atoms with Crippen LogP contribution < -0.4 is 5.32 Å². The van der Waals surface area contributed by atoms with E-state index >= 15 is 0 Å². The van der Waals surface area contributed by atoms with Crippen molar-refractivity contribution in [1.29, 1.82) is 0 Å². The van der Waals surface area contributed by atoms with Gasteiger partial charge in [0.05, 0.1) is 18.7 Å². The van der Waals surface area contributed by atoms with Gasteiger partial charge in [0.1, 0.15) is 5.76 Å². The second-order valence-electron chi connectivity index (χ2n) is 7.66. The SMILES string of the molecule is Cc1nc2nc(C(F)(F)F)nn2c(C)c1CC(=O)NCC(c1ccco1)N1CCCC1. The fourth-order valence-corrected chi connectivity index (χ4v) is 3.96. The summed E-state index contributed by atoms with van der Waals surface area (Å²) >= 11 is 0. The number of nitrogens with one attached hydrogen (secondary N) is 1. The zero-order valence-corrected chi connectivity index (χ0v) is 17.2. The van der Waals surface area contributed by atoms with Gasteiger partial charge in [-0.05, 0) is 51.9 Å². The Balaban J connectivity index is 1.50. The summed E-state index contributed by atoms with van der Waals surface area (Å²) in [6, 6.07) is 3.65. The molecule has 3 aromatic heterocycles. The molecule has 1 amide bonds. The maximum atomic E-state index is 12.9. The largest absolute Gasteiger partial charge is 0.468 e. The quantitative estimate of drug-likeness (QED) is 0.639. The Hall–Kier alpha value is -2.95. The third kappa shape index (κ3) is 4.41. The molecule has 1 fully saturated rings. The number of amides is 1. The maximum Gasteiger partial charge on any atom is 0.453 e. The second kappa shape index (κ2) is 8.29. The van der Waals surface area contributed by atoms with Crippen molar-refractivity contribution in [3.8, 4) is 0 Å². The van der Waals surface area contributed by atoms with Gasteiger partial charge in [0.25, 0.3) is 11.6 Å². The van der Waals surface area contributed by atoms with E-state index < -0.39 is 12.0 Å². The number of hydrogen-bond donors (Lipinski definition) is 1. The Bertz CT molecular complexity index is 1070. The van der Waals surface area contributed by atoms with Crippen molar-refractivity contribution in [1.82, 2.24) is 29.8 Å². The van der Waals surface area contributed by atoms with Crippen molar-refractivity contribution < 1.29 is 22.4 Å². The Labute approximate surface area is 176 Å². The van der Waals surface area contributed by atoms with E-state index in [0.717, 1.165) is 36.2 Å². The van der Waals surface area contributed by atoms with Crippen LogP contribution in [0, 0.1) is 13.8 Å². The molecule has 4 rings (SSSR count). The summed E-state index contributed by atoms with van der Waals surface area (Å²) in [5, 5.41) is 6.45. The minimum Gasteiger partial charge on any atom is -0.468 e. The fraction of sp³-hybridized carbons (Fsp3) is 0.500. The number of fused-ring (bicyclic) bond motifs is 1. The lowest BCUT2D eigenvalue weighted by Gasteiger charge is -2.26. The molecule has 1 unspecified atom stereocenters. The number of carbonyl (C=O) groups is 1. The minimum atomic E-state index is -4.66. The zero-order valence-electron chi connectivity index (χ0n) is 17.2. The number of hydrogen-bond acceptors (Lipinski definition) is 6. The van der Waals surface area contributed by atoms with Crippen LogP contribution in [0.15, 0.2) is 22.8 Å². The topological polar surface area (TPSA) is 88.6 Å². The van der Waals surface area contributed by atoms with E-state index in [1.807, 2.05) is 12.1 Å². The molecule has 1 atom stereocenters. The standard InChI is InChI=1S/C20H23F3N6O2/c1-12-14(13(2)29-19(25-12)26-18(27-29)20(21,22)23)10-17(30)24-11-15(16-6-5-9-31-16)28-7-3-4-8-28/h5-6,9,15H,3-4,7-8,10-11H2,1-2H3,(H,24,30). The summed E-state index contributed by atoms with van der Waals surface area (Å²) in [4.78, 5) is 22.5. The molecule has 11 heteroatoms. The molecule has 0 spiro atoms. The molecule has 1 N–H and O–H groups in total. The summed E-state index contributed by atoms with van der Waals surface area (Å²) in [6.45, 7) is 5.51. The molecule has 1 aliphatic heterocycles. The summed E-state index contributed by atoms with van der Waals surface area (Å²) in [6.07, 6.45) is -0.865. The van der Waals surface area contributed by atoms with Gasteiger partial charge >= 0.3 is 6.18 Å². The molecule has 4 heterocycles. The van der Waals surface area contributed by atoms with Crippen molar-refractivity contribution >= 4 is 11.7 Å². The average Bonchev–Trinajstić information content (AvgIpc) is 3.46. The molecular formula is C20H23F3N6O2. The highest BCUT2D eigenvalue weighted by Crippen LogP contribution is 2.27. The van der Waals surface area contributed by atoms with Gasteiger partial charge in [-0.25, -0.2) is 9.50 Å². The van der Waals surface area contributed by atoms with Crippen molar-refractivity contribution in [2.45, 2.75) is 45.3 Å². The smallest absolute Gasteiger partial charge is 0.453 e. The van der Waals surface area contributed by atoms with E-state index in [9.17, 15) is 18.0 Å². The first-order valence-corrected chi connectivity index (χ1v) is 10.1. The van der Waals surface area contributed by atoms with Crippen LogP contribution in [0.5, 0.6) is 0 Å². The predicted octanol–water partition coefficient (Wildman–Crippen LogP) is 2.85. The minimum absolute atomic E-state index is 0.0211. The molecular weight excluding hydrogens is 413 g/mol. The number of furan rings is 1. The Morgan fingerprint density at radius 2 is 2.00 bits per heavy atom. The lowest BCUT2D eigenvalue weighted by Crippen LogP contribution is -2.37. The van der Waals surface area contributed by atoms with E-state index in [2.05, 4.69) is 25.3 Å². The third-order valence-corrected chi connectivity index (χ3v) is 5.59. The van der Waals surface area contributed by atoms with Crippen molar-refractivity contribution in [2.75, 3.05) is 19.6 Å². The van der Waals surface area contributed by atoms with Crippen LogP contribution in [0.2, 0.25) is 0 Å². The maximum absolute atomic E-state index is 12.9. The first kappa shape index (κ1) is 21.3. The van der Waals surface area contributed by atoms with Gasteiger partial charge in [-0.3, -0.25) is 9.69 Å². The van der Waals surface area contributed by atoms with Crippen LogP contribution in [0.25, 0.3) is 5.78 Å². The van der Waals surface area contributed by atoms with Crippen LogP contribution in [-0.2, 0) is 17.4 Å². The molecule has 0 aliphatic carbocycles. The molecule has 166 valence electrons. The van der Waals surface area contributed by atoms with Gasteiger partial charge in [0.15, 0.2) is 0 Å². The number of halogens is 3. The average molecular weight is 436 g/mol. The summed E-state index contributed by atoms with van der Waals surface area (Å²) in [5.41, 5.74) is 1.38. The Morgan fingerprint density at radius 1 is 1.26 bits per heavy atom. The lowest BCUT2D eigenvalue weighted by molar-refractivity contribution is -0.144. The van der Waals surface area contributed by atoms with Crippen molar-refractivity contribution in [3.05, 3.63) is 46.9 Å². The first-order chi connectivity index (χ1) is 14.7. The van der Waals surface area contributed by atoms with Gasteiger partial charge in [0.2, 0.25) is 5.91 Å². The Kier molecular flexibility index (Phi) is 5.69. The number of carbonyl (C=O) groups excluding carboxylic acids is 1. The van der Waals surface area contributed by atoms with E-state index in [1.54, 1.807) is 20.1 Å². The van der Waals surface area contributed by atoms with Gasteiger partial charge in [-0.15, -0.1) is 5.10 Å². The molecule has 1 saturated heterocycles. The molecule has 0 radical (unpaired) electrons. The van der Waals surface area contributed by atoms with Gasteiger partial charge in [-0.2, -0.15) is 18.2 Å². The van der Waals surface area contributed by atoms with Crippen LogP contribution in [0.4, 0.5) is 13.2 Å². The normalized spacial score (nSPS) is 16.2. The molecule has 8 nitrogen and oxygen atoms in total. The summed E-state index contributed by atoms with van der Waals surface area (Å²) in [5.74, 6) is -0.853. The van der Waals surface area contributed by atoms with Gasteiger partial charge in [0, 0.05) is 23.5 Å². The summed E-state index contributed by atoms with van der Waals surface area (Å²) in [7, 11) is 0. The number of nitrogens with zero attached hydrogens (tertiary/aromatic N) is 5. The first-order valence-electron chi connectivity index (χ1n) is 10.1. The number of aryl methyl sites for hydroxylation is 2.